The second-order valence-electron chi connectivity index (χ2n) is 6.22. The summed E-state index contributed by atoms with van der Waals surface area (Å²) in [5.74, 6) is 2.70. The van der Waals surface area contributed by atoms with Crippen LogP contribution in [0.1, 0.15) is 33.0 Å². The number of aryl methyl sites for hydroxylation is 1. The fourth-order valence-corrected chi connectivity index (χ4v) is 2.13. The second kappa shape index (κ2) is 5.33. The van der Waals surface area contributed by atoms with Crippen LogP contribution in [0, 0.1) is 6.92 Å². The first-order valence-corrected chi connectivity index (χ1v) is 6.93. The van der Waals surface area contributed by atoms with Crippen LogP contribution in [0.25, 0.3) is 0 Å². The van der Waals surface area contributed by atoms with Crippen molar-refractivity contribution in [2.75, 3.05) is 30.4 Å². The third-order valence-electron chi connectivity index (χ3n) is 3.59. The molecule has 5 nitrogen and oxygen atoms in total. The summed E-state index contributed by atoms with van der Waals surface area (Å²) in [6, 6.07) is 2.51. The summed E-state index contributed by atoms with van der Waals surface area (Å²) in [5.41, 5.74) is 0.0486. The van der Waals surface area contributed by atoms with Gasteiger partial charge in [-0.15, -0.1) is 0 Å². The van der Waals surface area contributed by atoms with Gasteiger partial charge in [0, 0.05) is 31.2 Å². The van der Waals surface area contributed by atoms with Gasteiger partial charge in [-0.1, -0.05) is 0 Å². The summed E-state index contributed by atoms with van der Waals surface area (Å²) < 4.78 is 0. The Bertz CT molecular complexity index is 432. The van der Waals surface area contributed by atoms with E-state index in [0.29, 0.717) is 6.04 Å². The maximum atomic E-state index is 4.53. The van der Waals surface area contributed by atoms with E-state index in [1.165, 1.54) is 0 Å². The Morgan fingerprint density at radius 3 is 2.68 bits per heavy atom. The Morgan fingerprint density at radius 1 is 1.37 bits per heavy atom. The molecule has 1 aliphatic rings. The first kappa shape index (κ1) is 14.1. The van der Waals surface area contributed by atoms with Crippen LogP contribution in [0.2, 0.25) is 0 Å². The third-order valence-corrected chi connectivity index (χ3v) is 3.59. The van der Waals surface area contributed by atoms with E-state index in [1.807, 2.05) is 13.0 Å². The van der Waals surface area contributed by atoms with Gasteiger partial charge in [-0.2, -0.15) is 0 Å². The van der Waals surface area contributed by atoms with E-state index < -0.39 is 0 Å². The van der Waals surface area contributed by atoms with E-state index in [-0.39, 0.29) is 5.54 Å². The van der Waals surface area contributed by atoms with E-state index in [0.717, 1.165) is 37.0 Å². The highest BCUT2D eigenvalue weighted by atomic mass is 15.2. The Kier molecular flexibility index (Phi) is 3.94. The van der Waals surface area contributed by atoms with Crippen LogP contribution < -0.4 is 15.5 Å². The maximum Gasteiger partial charge on any atom is 0.134 e. The molecule has 1 atom stereocenters. The van der Waals surface area contributed by atoms with Gasteiger partial charge in [0.25, 0.3) is 0 Å². The highest BCUT2D eigenvalue weighted by molar-refractivity contribution is 5.50. The van der Waals surface area contributed by atoms with Gasteiger partial charge in [0.1, 0.15) is 17.5 Å². The summed E-state index contributed by atoms with van der Waals surface area (Å²) in [5, 5.41) is 6.84. The van der Waals surface area contributed by atoms with Crippen LogP contribution in [0.4, 0.5) is 11.6 Å². The van der Waals surface area contributed by atoms with Gasteiger partial charge in [0.05, 0.1) is 0 Å². The van der Waals surface area contributed by atoms with E-state index in [2.05, 4.69) is 53.3 Å². The average Bonchev–Trinajstić information content (AvgIpc) is 2.78. The number of hydrogen-bond acceptors (Lipinski definition) is 5. The zero-order chi connectivity index (χ0) is 14.0. The quantitative estimate of drug-likeness (QED) is 0.871. The summed E-state index contributed by atoms with van der Waals surface area (Å²) in [6.45, 7) is 10.6. The van der Waals surface area contributed by atoms with Crippen molar-refractivity contribution in [3.63, 3.8) is 0 Å². The normalized spacial score (nSPS) is 19.5. The van der Waals surface area contributed by atoms with Crippen LogP contribution in [0.3, 0.4) is 0 Å². The molecular formula is C14H25N5. The molecule has 2 heterocycles. The Labute approximate surface area is 115 Å². The van der Waals surface area contributed by atoms with Crippen LogP contribution in [0.5, 0.6) is 0 Å². The van der Waals surface area contributed by atoms with Crippen molar-refractivity contribution in [1.82, 2.24) is 15.3 Å². The average molecular weight is 263 g/mol. The monoisotopic (exact) mass is 263 g/mol. The Hall–Kier alpha value is -1.36. The van der Waals surface area contributed by atoms with Crippen LogP contribution in [-0.4, -0.2) is 41.7 Å². The van der Waals surface area contributed by atoms with Gasteiger partial charge < -0.3 is 15.5 Å². The molecule has 1 unspecified atom stereocenters. The van der Waals surface area contributed by atoms with Crippen LogP contribution >= 0.6 is 0 Å². The highest BCUT2D eigenvalue weighted by Gasteiger charge is 2.20. The number of nitrogens with one attached hydrogen (secondary N) is 2. The highest BCUT2D eigenvalue weighted by Crippen LogP contribution is 2.22. The van der Waals surface area contributed by atoms with E-state index in [1.54, 1.807) is 0 Å². The van der Waals surface area contributed by atoms with Crippen molar-refractivity contribution in [2.24, 2.45) is 0 Å². The lowest BCUT2D eigenvalue weighted by molar-refractivity contribution is 0.533. The topological polar surface area (TPSA) is 53.1 Å². The minimum absolute atomic E-state index is 0.0486. The Morgan fingerprint density at radius 2 is 2.11 bits per heavy atom. The van der Waals surface area contributed by atoms with E-state index in [9.17, 15) is 0 Å². The predicted octanol–water partition coefficient (Wildman–Crippen LogP) is 1.79. The zero-order valence-electron chi connectivity index (χ0n) is 12.6. The number of nitrogens with zero attached hydrogens (tertiary/aromatic N) is 3. The summed E-state index contributed by atoms with van der Waals surface area (Å²) in [7, 11) is 2.07. The first-order chi connectivity index (χ1) is 8.86. The van der Waals surface area contributed by atoms with Gasteiger partial charge in [-0.25, -0.2) is 9.97 Å². The molecule has 0 bridgehead atoms. The molecule has 2 rings (SSSR count). The van der Waals surface area contributed by atoms with Crippen molar-refractivity contribution < 1.29 is 0 Å². The molecule has 0 spiro atoms. The number of aromatic nitrogens is 2. The smallest absolute Gasteiger partial charge is 0.134 e. The van der Waals surface area contributed by atoms with E-state index in [4.69, 9.17) is 0 Å². The number of hydrogen-bond donors (Lipinski definition) is 2. The number of rotatable bonds is 3. The Balaban J connectivity index is 2.19. The minimum atomic E-state index is 0.0486. The lowest BCUT2D eigenvalue weighted by Crippen LogP contribution is -2.38. The molecule has 1 fully saturated rings. The van der Waals surface area contributed by atoms with Crippen LogP contribution in [-0.2, 0) is 0 Å². The SMILES string of the molecule is Cc1nc(NC2CCNC2)cc(N(C)C(C)(C)C)n1. The fourth-order valence-electron chi connectivity index (χ4n) is 2.13. The minimum Gasteiger partial charge on any atom is -0.366 e. The predicted molar refractivity (Wildman–Crippen MR) is 79.8 cm³/mol. The summed E-state index contributed by atoms with van der Waals surface area (Å²) in [4.78, 5) is 11.2. The fraction of sp³-hybridized carbons (Fsp3) is 0.714. The lowest BCUT2D eigenvalue weighted by atomic mass is 10.1. The van der Waals surface area contributed by atoms with Crippen molar-refractivity contribution in [1.29, 1.82) is 0 Å². The number of anilines is 2. The molecule has 19 heavy (non-hydrogen) atoms. The third kappa shape index (κ3) is 3.56. The van der Waals surface area contributed by atoms with Gasteiger partial charge in [0.15, 0.2) is 0 Å². The van der Waals surface area contributed by atoms with Crippen molar-refractivity contribution in [3.8, 4) is 0 Å². The molecule has 0 aromatic carbocycles. The first-order valence-electron chi connectivity index (χ1n) is 6.93. The van der Waals surface area contributed by atoms with Gasteiger partial charge >= 0.3 is 0 Å². The molecule has 1 aliphatic heterocycles. The largest absolute Gasteiger partial charge is 0.366 e. The molecular weight excluding hydrogens is 238 g/mol. The molecule has 2 N–H and O–H groups in total. The second-order valence-corrected chi connectivity index (χ2v) is 6.22. The van der Waals surface area contributed by atoms with Crippen molar-refractivity contribution >= 4 is 11.6 Å². The molecule has 0 amide bonds. The summed E-state index contributed by atoms with van der Waals surface area (Å²) in [6.07, 6.45) is 1.15. The standard InChI is InChI=1S/C14H25N5/c1-10-16-12(18-11-6-7-15-9-11)8-13(17-10)19(5)14(2,3)4/h8,11,15H,6-7,9H2,1-5H3,(H,16,17,18). The lowest BCUT2D eigenvalue weighted by Gasteiger charge is -2.33. The molecule has 5 heteroatoms. The molecule has 106 valence electrons. The molecule has 1 aromatic rings. The van der Waals surface area contributed by atoms with Crippen molar-refractivity contribution in [2.45, 2.75) is 45.7 Å². The van der Waals surface area contributed by atoms with Gasteiger partial charge in [-0.3, -0.25) is 0 Å². The zero-order valence-corrected chi connectivity index (χ0v) is 12.6. The molecule has 1 saturated heterocycles. The van der Waals surface area contributed by atoms with Crippen molar-refractivity contribution in [3.05, 3.63) is 11.9 Å². The molecule has 0 saturated carbocycles. The molecule has 0 radical (unpaired) electrons. The van der Waals surface area contributed by atoms with E-state index >= 15 is 0 Å². The summed E-state index contributed by atoms with van der Waals surface area (Å²) >= 11 is 0. The molecule has 1 aromatic heterocycles. The molecule has 0 aliphatic carbocycles. The van der Waals surface area contributed by atoms with Gasteiger partial charge in [-0.05, 0) is 40.7 Å². The maximum absolute atomic E-state index is 4.53. The van der Waals surface area contributed by atoms with Gasteiger partial charge in [0.2, 0.25) is 0 Å². The van der Waals surface area contributed by atoms with Crippen LogP contribution in [0.15, 0.2) is 6.07 Å².